The molecular weight excluding hydrogens is 430 g/mol. The summed E-state index contributed by atoms with van der Waals surface area (Å²) in [7, 11) is 0. The Morgan fingerprint density at radius 1 is 1.19 bits per heavy atom. The quantitative estimate of drug-likeness (QED) is 0.501. The number of hydrogen-bond acceptors (Lipinski definition) is 7. The number of benzene rings is 1. The van der Waals surface area contributed by atoms with Crippen molar-refractivity contribution in [1.29, 1.82) is 0 Å². The second-order valence-electron chi connectivity index (χ2n) is 7.41. The molecule has 0 unspecified atom stereocenters. The van der Waals surface area contributed by atoms with E-state index in [1.165, 1.54) is 22.7 Å². The Bertz CT molecular complexity index is 1270. The van der Waals surface area contributed by atoms with Crippen LogP contribution in [0, 0.1) is 6.92 Å². The molecule has 0 aliphatic carbocycles. The van der Waals surface area contributed by atoms with E-state index in [4.69, 9.17) is 4.98 Å². The van der Waals surface area contributed by atoms with Gasteiger partial charge in [-0.15, -0.1) is 22.7 Å². The molecule has 0 spiro atoms. The van der Waals surface area contributed by atoms with E-state index in [-0.39, 0.29) is 17.7 Å². The standard InChI is InChI=1S/C22H19N5O2S2/c1-13-19(31-12-24-13)21(29)27-8-6-14(11-27)18-10-16(15-4-2-3-5-17(15)25-18)20(28)26-22-23-7-9-30-22/h2-5,7,9-10,12,14H,6,8,11H2,1H3,(H,23,26,28)/t14-/m0/s1. The number of rotatable bonds is 4. The molecule has 2 amide bonds. The number of anilines is 1. The first-order chi connectivity index (χ1) is 15.1. The summed E-state index contributed by atoms with van der Waals surface area (Å²) in [5, 5.41) is 6.05. The Balaban J connectivity index is 1.44. The van der Waals surface area contributed by atoms with Gasteiger partial charge in [0.05, 0.1) is 22.3 Å². The maximum atomic E-state index is 13.0. The predicted molar refractivity (Wildman–Crippen MR) is 122 cm³/mol. The van der Waals surface area contributed by atoms with Crippen LogP contribution in [0.1, 0.15) is 43.8 Å². The number of fused-ring (bicyclic) bond motifs is 1. The van der Waals surface area contributed by atoms with E-state index in [1.54, 1.807) is 11.7 Å². The lowest BCUT2D eigenvalue weighted by molar-refractivity contribution is 0.0794. The number of pyridine rings is 1. The third-order valence-corrected chi connectivity index (χ3v) is 7.07. The number of aryl methyl sites for hydroxylation is 1. The number of carbonyl (C=O) groups is 2. The summed E-state index contributed by atoms with van der Waals surface area (Å²) in [5.41, 5.74) is 4.64. The van der Waals surface area contributed by atoms with Crippen LogP contribution in [0.15, 0.2) is 47.4 Å². The molecule has 9 heteroatoms. The zero-order chi connectivity index (χ0) is 21.4. The summed E-state index contributed by atoms with van der Waals surface area (Å²) >= 11 is 2.75. The van der Waals surface area contributed by atoms with E-state index >= 15 is 0 Å². The normalized spacial score (nSPS) is 16.0. The van der Waals surface area contributed by atoms with Gasteiger partial charge in [0.1, 0.15) is 4.88 Å². The first-order valence-corrected chi connectivity index (χ1v) is 11.7. The predicted octanol–water partition coefficient (Wildman–Crippen LogP) is 4.34. The van der Waals surface area contributed by atoms with Gasteiger partial charge in [0.15, 0.2) is 5.13 Å². The summed E-state index contributed by atoms with van der Waals surface area (Å²) in [4.78, 5) is 41.6. The van der Waals surface area contributed by atoms with Crippen LogP contribution < -0.4 is 5.32 Å². The van der Waals surface area contributed by atoms with E-state index in [2.05, 4.69) is 15.3 Å². The highest BCUT2D eigenvalue weighted by molar-refractivity contribution is 7.13. The molecule has 0 saturated carbocycles. The van der Waals surface area contributed by atoms with Gasteiger partial charge in [-0.25, -0.2) is 9.97 Å². The number of thiazole rings is 2. The van der Waals surface area contributed by atoms with Crippen molar-refractivity contribution < 1.29 is 9.59 Å². The second kappa shape index (κ2) is 8.16. The second-order valence-corrected chi connectivity index (χ2v) is 9.16. The largest absolute Gasteiger partial charge is 0.337 e. The third kappa shape index (κ3) is 3.82. The molecule has 4 aromatic rings. The van der Waals surface area contributed by atoms with E-state index < -0.39 is 0 Å². The molecule has 7 nitrogen and oxygen atoms in total. The maximum Gasteiger partial charge on any atom is 0.265 e. The first kappa shape index (κ1) is 19.8. The van der Waals surface area contributed by atoms with E-state index in [1.807, 2.05) is 47.5 Å². The van der Waals surface area contributed by atoms with Crippen LogP contribution >= 0.6 is 22.7 Å². The van der Waals surface area contributed by atoms with Crippen molar-refractivity contribution in [2.24, 2.45) is 0 Å². The Hall–Kier alpha value is -3.17. The zero-order valence-corrected chi connectivity index (χ0v) is 18.4. The molecule has 1 aliphatic heterocycles. The van der Waals surface area contributed by atoms with Crippen molar-refractivity contribution in [2.45, 2.75) is 19.3 Å². The summed E-state index contributed by atoms with van der Waals surface area (Å²) in [5.74, 6) is -0.112. The van der Waals surface area contributed by atoms with E-state index in [0.29, 0.717) is 28.7 Å². The van der Waals surface area contributed by atoms with Crippen LogP contribution in [0.4, 0.5) is 5.13 Å². The highest BCUT2D eigenvalue weighted by Gasteiger charge is 2.31. The zero-order valence-electron chi connectivity index (χ0n) is 16.7. The fourth-order valence-electron chi connectivity index (χ4n) is 3.88. The van der Waals surface area contributed by atoms with Gasteiger partial charge < -0.3 is 4.90 Å². The molecule has 1 N–H and O–H groups in total. The molecule has 1 atom stereocenters. The number of para-hydroxylation sites is 1. The van der Waals surface area contributed by atoms with Crippen molar-refractivity contribution >= 4 is 50.5 Å². The highest BCUT2D eigenvalue weighted by atomic mass is 32.1. The van der Waals surface area contributed by atoms with Gasteiger partial charge >= 0.3 is 0 Å². The van der Waals surface area contributed by atoms with Gasteiger partial charge in [0.25, 0.3) is 11.8 Å². The average Bonchev–Trinajstić information content (AvgIpc) is 3.54. The van der Waals surface area contributed by atoms with Crippen LogP contribution in [0.25, 0.3) is 10.9 Å². The lowest BCUT2D eigenvalue weighted by atomic mass is 9.99. The molecule has 1 saturated heterocycles. The molecule has 0 bridgehead atoms. The van der Waals surface area contributed by atoms with Gasteiger partial charge in [-0.3, -0.25) is 19.9 Å². The van der Waals surface area contributed by atoms with Gasteiger partial charge in [-0.05, 0) is 25.5 Å². The fourth-order valence-corrected chi connectivity index (χ4v) is 5.17. The van der Waals surface area contributed by atoms with Crippen LogP contribution in [0.3, 0.4) is 0 Å². The van der Waals surface area contributed by atoms with Crippen LogP contribution in [0.2, 0.25) is 0 Å². The molecule has 1 fully saturated rings. The Morgan fingerprint density at radius 3 is 2.84 bits per heavy atom. The molecule has 3 aromatic heterocycles. The van der Waals surface area contributed by atoms with Gasteiger partial charge in [-0.2, -0.15) is 0 Å². The summed E-state index contributed by atoms with van der Waals surface area (Å²) in [6, 6.07) is 9.50. The van der Waals surface area contributed by atoms with Crippen molar-refractivity contribution in [2.75, 3.05) is 18.4 Å². The Kier molecular flexibility index (Phi) is 5.21. The first-order valence-electron chi connectivity index (χ1n) is 9.90. The molecule has 31 heavy (non-hydrogen) atoms. The SMILES string of the molecule is Cc1ncsc1C(=O)N1CC[C@H](c2cc(C(=O)Nc3nccs3)c3ccccc3n2)C1. The summed E-state index contributed by atoms with van der Waals surface area (Å²) < 4.78 is 0. The van der Waals surface area contributed by atoms with Crippen LogP contribution in [0.5, 0.6) is 0 Å². The molecule has 5 rings (SSSR count). The molecule has 1 aromatic carbocycles. The maximum absolute atomic E-state index is 13.0. The topological polar surface area (TPSA) is 88.1 Å². The number of carbonyl (C=O) groups excluding carboxylic acids is 2. The molecule has 156 valence electrons. The number of hydrogen-bond donors (Lipinski definition) is 1. The van der Waals surface area contributed by atoms with E-state index in [9.17, 15) is 9.59 Å². The average molecular weight is 450 g/mol. The van der Waals surface area contributed by atoms with Crippen LogP contribution in [-0.2, 0) is 0 Å². The molecule has 1 aliphatic rings. The lowest BCUT2D eigenvalue weighted by Crippen LogP contribution is -2.28. The summed E-state index contributed by atoms with van der Waals surface area (Å²) in [6.45, 7) is 3.10. The molecular formula is C22H19N5O2S2. The smallest absolute Gasteiger partial charge is 0.265 e. The van der Waals surface area contributed by atoms with Crippen molar-refractivity contribution in [3.05, 3.63) is 69.2 Å². The minimum atomic E-state index is -0.207. The van der Waals surface area contributed by atoms with Crippen molar-refractivity contribution in [3.63, 3.8) is 0 Å². The molecule has 0 radical (unpaired) electrons. The monoisotopic (exact) mass is 449 g/mol. The number of likely N-dealkylation sites (tertiary alicyclic amines) is 1. The molecule has 4 heterocycles. The van der Waals surface area contributed by atoms with E-state index in [0.717, 1.165) is 28.7 Å². The number of aromatic nitrogens is 3. The highest BCUT2D eigenvalue weighted by Crippen LogP contribution is 2.31. The number of amides is 2. The summed E-state index contributed by atoms with van der Waals surface area (Å²) in [6.07, 6.45) is 2.47. The fraction of sp³-hybridized carbons (Fsp3) is 0.227. The van der Waals surface area contributed by atoms with Crippen molar-refractivity contribution in [1.82, 2.24) is 19.9 Å². The number of nitrogens with one attached hydrogen (secondary N) is 1. The van der Waals surface area contributed by atoms with Gasteiger partial charge in [0, 0.05) is 41.7 Å². The Morgan fingerprint density at radius 2 is 2.06 bits per heavy atom. The minimum absolute atomic E-state index is 0.0185. The van der Waals surface area contributed by atoms with Gasteiger partial charge in [-0.1, -0.05) is 18.2 Å². The van der Waals surface area contributed by atoms with Crippen molar-refractivity contribution in [3.8, 4) is 0 Å². The minimum Gasteiger partial charge on any atom is -0.337 e. The number of nitrogens with zero attached hydrogens (tertiary/aromatic N) is 4. The van der Waals surface area contributed by atoms with Crippen LogP contribution in [-0.4, -0.2) is 44.8 Å². The Labute approximate surface area is 186 Å². The van der Waals surface area contributed by atoms with Gasteiger partial charge in [0.2, 0.25) is 0 Å². The lowest BCUT2D eigenvalue weighted by Gasteiger charge is -2.17. The third-order valence-electron chi connectivity index (χ3n) is 5.47.